The van der Waals surface area contributed by atoms with Gasteiger partial charge in [0.2, 0.25) is 0 Å². The van der Waals surface area contributed by atoms with Crippen LogP contribution >= 0.6 is 7.82 Å². The molecule has 4 nitrogen and oxygen atoms in total. The minimum Gasteiger partial charge on any atom is -0.283 e. The summed E-state index contributed by atoms with van der Waals surface area (Å²) in [6, 6.07) is 0. The molecule has 65 heavy (non-hydrogen) atoms. The van der Waals surface area contributed by atoms with E-state index in [9.17, 15) is 4.57 Å². The first-order chi connectivity index (χ1) is 30.8. The van der Waals surface area contributed by atoms with Crippen molar-refractivity contribution in [2.45, 2.75) is 277 Å². The fourth-order valence-corrected chi connectivity index (χ4v) is 10.3. The second-order valence-corrected chi connectivity index (χ2v) is 25.2. The average molecular weight is 934 g/mol. The standard InChI is InChI=1S/C60H117O4P/c1-49(2)25-16-28-52(7)31-19-34-55(10)37-22-40-58(13)43-46-62-65(61,63-47-44-59(14)41-23-38-56(11)35-20-32-53(8)29-17-26-50(3)4)64-48-45-60(15)42-24-39-57(12)36-21-33-54(9)30-18-27-51(5)6/h43-45,49-57H,16-42,46-48H2,1-15H3/b58-43+,59-44+,60-45+. The van der Waals surface area contributed by atoms with Gasteiger partial charge in [0.05, 0.1) is 19.8 Å². The molecule has 0 aliphatic rings. The molecule has 386 valence electrons. The molecule has 6 unspecified atom stereocenters. The number of phosphoric acid groups is 1. The lowest BCUT2D eigenvalue weighted by molar-refractivity contribution is 0.140. The van der Waals surface area contributed by atoms with E-state index >= 15 is 0 Å². The lowest BCUT2D eigenvalue weighted by Gasteiger charge is -2.17. The summed E-state index contributed by atoms with van der Waals surface area (Å²) >= 11 is 0. The van der Waals surface area contributed by atoms with Crippen LogP contribution in [0.15, 0.2) is 34.9 Å². The van der Waals surface area contributed by atoms with Crippen molar-refractivity contribution in [3.8, 4) is 0 Å². The van der Waals surface area contributed by atoms with Crippen LogP contribution in [0.2, 0.25) is 0 Å². The molecule has 0 saturated carbocycles. The summed E-state index contributed by atoms with van der Waals surface area (Å²) in [4.78, 5) is 0. The number of rotatable bonds is 45. The van der Waals surface area contributed by atoms with E-state index in [0.29, 0.717) is 0 Å². The van der Waals surface area contributed by atoms with Gasteiger partial charge in [0.1, 0.15) is 0 Å². The van der Waals surface area contributed by atoms with Gasteiger partial charge in [-0.2, -0.15) is 0 Å². The predicted molar refractivity (Wildman–Crippen MR) is 291 cm³/mol. The highest BCUT2D eigenvalue weighted by Crippen LogP contribution is 2.49. The molecule has 0 spiro atoms. The summed E-state index contributed by atoms with van der Waals surface area (Å²) in [5.41, 5.74) is 3.85. The first kappa shape index (κ1) is 64.3. The Morgan fingerprint density at radius 1 is 0.323 bits per heavy atom. The maximum atomic E-state index is 14.0. The number of hydrogen-bond acceptors (Lipinski definition) is 4. The van der Waals surface area contributed by atoms with E-state index in [2.05, 4.69) is 122 Å². The zero-order chi connectivity index (χ0) is 48.9. The fourth-order valence-electron chi connectivity index (χ4n) is 9.35. The summed E-state index contributed by atoms with van der Waals surface area (Å²) in [5, 5.41) is 0. The van der Waals surface area contributed by atoms with Crippen molar-refractivity contribution in [3.05, 3.63) is 34.9 Å². The summed E-state index contributed by atoms with van der Waals surface area (Å²) in [6.07, 6.45) is 41.1. The summed E-state index contributed by atoms with van der Waals surface area (Å²) in [7, 11) is -3.75. The van der Waals surface area contributed by atoms with Crippen molar-refractivity contribution in [2.75, 3.05) is 19.8 Å². The number of phosphoric ester groups is 1. The van der Waals surface area contributed by atoms with E-state index < -0.39 is 7.82 Å². The van der Waals surface area contributed by atoms with Crippen molar-refractivity contribution in [2.24, 2.45) is 53.3 Å². The third-order valence-corrected chi connectivity index (χ3v) is 15.8. The van der Waals surface area contributed by atoms with Crippen LogP contribution in [0, 0.1) is 53.3 Å². The quantitative estimate of drug-likeness (QED) is 0.0451. The van der Waals surface area contributed by atoms with Gasteiger partial charge in [-0.15, -0.1) is 0 Å². The Morgan fingerprint density at radius 2 is 0.508 bits per heavy atom. The zero-order valence-corrected chi connectivity index (χ0v) is 47.6. The normalized spacial score (nSPS) is 16.9. The van der Waals surface area contributed by atoms with Crippen molar-refractivity contribution < 1.29 is 18.1 Å². The fraction of sp³-hybridized carbons (Fsp3) is 0.900. The van der Waals surface area contributed by atoms with Crippen molar-refractivity contribution >= 4 is 7.82 Å². The van der Waals surface area contributed by atoms with Crippen LogP contribution in [0.4, 0.5) is 0 Å². The molecular formula is C60H117O4P. The highest BCUT2D eigenvalue weighted by atomic mass is 31.2. The van der Waals surface area contributed by atoms with E-state index in [1.165, 1.54) is 171 Å². The van der Waals surface area contributed by atoms with Crippen LogP contribution in [0.25, 0.3) is 0 Å². The molecular weight excluding hydrogens is 816 g/mol. The largest absolute Gasteiger partial charge is 0.475 e. The monoisotopic (exact) mass is 933 g/mol. The lowest BCUT2D eigenvalue weighted by Crippen LogP contribution is -2.03. The lowest BCUT2D eigenvalue weighted by atomic mass is 9.91. The number of hydrogen-bond donors (Lipinski definition) is 0. The zero-order valence-electron chi connectivity index (χ0n) is 46.7. The first-order valence-electron chi connectivity index (χ1n) is 28.3. The second-order valence-electron chi connectivity index (χ2n) is 23.6. The molecule has 0 aliphatic carbocycles. The van der Waals surface area contributed by atoms with E-state index in [0.717, 1.165) is 72.5 Å². The molecule has 0 bridgehead atoms. The van der Waals surface area contributed by atoms with Crippen LogP contribution < -0.4 is 0 Å². The molecule has 0 aromatic rings. The SMILES string of the molecule is C/C(=C\COP(=O)(OC/C=C(\C)CCCC(C)CCCC(C)CCCC(C)C)OC/C=C(\C)CCCC(C)CCCC(C)CCCC(C)C)CCCC(C)CCCC(C)CCCC(C)C. The molecule has 0 rings (SSSR count). The molecule has 0 heterocycles. The van der Waals surface area contributed by atoms with Gasteiger partial charge in [0, 0.05) is 0 Å². The number of allylic oxidation sites excluding steroid dienone is 3. The minimum atomic E-state index is -3.75. The molecule has 0 radical (unpaired) electrons. The summed E-state index contributed by atoms with van der Waals surface area (Å²) in [6.45, 7) is 35.8. The van der Waals surface area contributed by atoms with E-state index in [1.54, 1.807) is 0 Å². The smallest absolute Gasteiger partial charge is 0.283 e. The average Bonchev–Trinajstić information content (AvgIpc) is 3.20. The van der Waals surface area contributed by atoms with E-state index in [4.69, 9.17) is 13.6 Å². The Labute approximate surface area is 409 Å². The predicted octanol–water partition coefficient (Wildman–Crippen LogP) is 21.3. The molecule has 0 aromatic carbocycles. The van der Waals surface area contributed by atoms with Gasteiger partial charge in [-0.05, 0) is 113 Å². The minimum absolute atomic E-state index is 0.238. The van der Waals surface area contributed by atoms with Gasteiger partial charge in [-0.1, -0.05) is 253 Å². The topological polar surface area (TPSA) is 44.8 Å². The highest BCUT2D eigenvalue weighted by molar-refractivity contribution is 7.48. The molecule has 6 atom stereocenters. The Hall–Kier alpha value is -0.670. The van der Waals surface area contributed by atoms with Gasteiger partial charge in [0.15, 0.2) is 0 Å². The van der Waals surface area contributed by atoms with Crippen LogP contribution in [-0.2, 0) is 18.1 Å². The molecule has 0 aliphatic heterocycles. The Morgan fingerprint density at radius 3 is 0.708 bits per heavy atom. The third-order valence-electron chi connectivity index (χ3n) is 14.4. The Bertz CT molecular complexity index is 1080. The summed E-state index contributed by atoms with van der Waals surface area (Å²) in [5.74, 6) is 7.30. The van der Waals surface area contributed by atoms with Crippen molar-refractivity contribution in [1.82, 2.24) is 0 Å². The second kappa shape index (κ2) is 41.1. The van der Waals surface area contributed by atoms with Gasteiger partial charge in [-0.3, -0.25) is 13.6 Å². The van der Waals surface area contributed by atoms with Crippen LogP contribution in [0.5, 0.6) is 0 Å². The Balaban J connectivity index is 5.02. The van der Waals surface area contributed by atoms with E-state index in [1.807, 2.05) is 0 Å². The van der Waals surface area contributed by atoms with Gasteiger partial charge in [0.25, 0.3) is 0 Å². The van der Waals surface area contributed by atoms with Crippen LogP contribution in [0.3, 0.4) is 0 Å². The maximum Gasteiger partial charge on any atom is 0.475 e. The molecule has 5 heteroatoms. The van der Waals surface area contributed by atoms with Gasteiger partial charge in [-0.25, -0.2) is 4.57 Å². The molecule has 0 saturated heterocycles. The summed E-state index contributed by atoms with van der Waals surface area (Å²) < 4.78 is 32.0. The first-order valence-corrected chi connectivity index (χ1v) is 29.8. The van der Waals surface area contributed by atoms with Gasteiger partial charge >= 0.3 is 7.82 Å². The molecule has 0 aromatic heterocycles. The van der Waals surface area contributed by atoms with Gasteiger partial charge < -0.3 is 0 Å². The highest BCUT2D eigenvalue weighted by Gasteiger charge is 2.25. The van der Waals surface area contributed by atoms with Crippen LogP contribution in [-0.4, -0.2) is 19.8 Å². The third kappa shape index (κ3) is 43.1. The van der Waals surface area contributed by atoms with E-state index in [-0.39, 0.29) is 19.8 Å². The van der Waals surface area contributed by atoms with Crippen molar-refractivity contribution in [3.63, 3.8) is 0 Å². The molecule has 0 N–H and O–H groups in total. The maximum absolute atomic E-state index is 14.0. The van der Waals surface area contributed by atoms with Crippen molar-refractivity contribution in [1.29, 1.82) is 0 Å². The Kier molecular flexibility index (Phi) is 40.7. The molecule has 0 amide bonds. The van der Waals surface area contributed by atoms with Crippen LogP contribution in [0.1, 0.15) is 277 Å². The molecule has 0 fully saturated rings.